The van der Waals surface area contributed by atoms with Crippen LogP contribution in [0.3, 0.4) is 0 Å². The van der Waals surface area contributed by atoms with E-state index in [0.717, 1.165) is 0 Å². The average Bonchev–Trinajstić information content (AvgIpc) is 2.47. The molecule has 0 amide bonds. The van der Waals surface area contributed by atoms with Crippen LogP contribution < -0.4 is 9.80 Å². The van der Waals surface area contributed by atoms with Crippen molar-refractivity contribution in [1.29, 1.82) is 0 Å². The summed E-state index contributed by atoms with van der Waals surface area (Å²) in [4.78, 5) is 3.42. The van der Waals surface area contributed by atoms with Crippen LogP contribution in [0.2, 0.25) is 0 Å². The van der Waals surface area contributed by atoms with Crippen LogP contribution in [0.1, 0.15) is 12.0 Å². The van der Waals surface area contributed by atoms with Crippen LogP contribution >= 0.6 is 15.9 Å². The number of likely N-dealkylation sites (N-methyl/N-ethyl adjacent to an activating group) is 1. The van der Waals surface area contributed by atoms with Gasteiger partial charge >= 0.3 is 0 Å². The predicted octanol–water partition coefficient (Wildman–Crippen LogP) is -0.248. The molecular formula is C13H21BrN2+2. The van der Waals surface area contributed by atoms with Crippen molar-refractivity contribution in [3.05, 3.63) is 34.3 Å². The molecule has 2 unspecified atom stereocenters. The first-order valence-corrected chi connectivity index (χ1v) is 6.92. The molecule has 2 N–H and O–H groups in total. The Bertz CT molecular complexity index is 323. The zero-order valence-electron chi connectivity index (χ0n) is 9.93. The smallest absolute Gasteiger partial charge is 0.127 e. The molecule has 88 valence electrons. The first-order valence-electron chi connectivity index (χ1n) is 6.13. The molecule has 2 rings (SSSR count). The standard InChI is InChI=1S/C13H19BrN2/c1-15-7-2-8-16(10-9-15)11-12-3-5-13(14)6-4-12/h3-6H,2,7-11H2,1H3/p+2. The third-order valence-corrected chi connectivity index (χ3v) is 3.94. The molecule has 2 atom stereocenters. The highest BCUT2D eigenvalue weighted by atomic mass is 79.9. The first-order chi connectivity index (χ1) is 7.74. The van der Waals surface area contributed by atoms with Crippen molar-refractivity contribution in [2.24, 2.45) is 0 Å². The molecule has 2 nitrogen and oxygen atoms in total. The summed E-state index contributed by atoms with van der Waals surface area (Å²) in [5.74, 6) is 0. The van der Waals surface area contributed by atoms with Gasteiger partial charge in [-0.05, 0) is 12.1 Å². The fourth-order valence-electron chi connectivity index (χ4n) is 2.35. The molecule has 0 aliphatic carbocycles. The molecule has 16 heavy (non-hydrogen) atoms. The van der Waals surface area contributed by atoms with Crippen LogP contribution in [0, 0.1) is 0 Å². The highest BCUT2D eigenvalue weighted by Crippen LogP contribution is 2.09. The molecule has 0 aromatic heterocycles. The number of hydrogen-bond acceptors (Lipinski definition) is 0. The highest BCUT2D eigenvalue weighted by Gasteiger charge is 2.17. The minimum absolute atomic E-state index is 1.17. The van der Waals surface area contributed by atoms with Gasteiger partial charge in [-0.15, -0.1) is 0 Å². The van der Waals surface area contributed by atoms with Gasteiger partial charge in [-0.2, -0.15) is 0 Å². The Hall–Kier alpha value is -0.380. The largest absolute Gasteiger partial charge is 0.333 e. The van der Waals surface area contributed by atoms with Gasteiger partial charge in [-0.3, -0.25) is 0 Å². The Morgan fingerprint density at radius 3 is 2.56 bits per heavy atom. The summed E-state index contributed by atoms with van der Waals surface area (Å²) in [7, 11) is 2.31. The Morgan fingerprint density at radius 1 is 1.06 bits per heavy atom. The molecule has 0 bridgehead atoms. The summed E-state index contributed by atoms with van der Waals surface area (Å²) < 4.78 is 1.17. The summed E-state index contributed by atoms with van der Waals surface area (Å²) in [6, 6.07) is 8.75. The first kappa shape index (κ1) is 12.1. The molecule has 0 radical (unpaired) electrons. The van der Waals surface area contributed by atoms with Gasteiger partial charge in [-0.1, -0.05) is 28.1 Å². The van der Waals surface area contributed by atoms with E-state index >= 15 is 0 Å². The summed E-state index contributed by atoms with van der Waals surface area (Å²) in [6.07, 6.45) is 1.36. The second kappa shape index (κ2) is 5.80. The van der Waals surface area contributed by atoms with Gasteiger partial charge in [-0.25, -0.2) is 0 Å². The third kappa shape index (κ3) is 3.58. The molecular weight excluding hydrogens is 264 g/mol. The Labute approximate surface area is 106 Å². The zero-order valence-corrected chi connectivity index (χ0v) is 11.5. The molecule has 1 aromatic rings. The summed E-state index contributed by atoms with van der Waals surface area (Å²) in [5.41, 5.74) is 1.46. The Morgan fingerprint density at radius 2 is 1.81 bits per heavy atom. The lowest BCUT2D eigenvalue weighted by Gasteiger charge is -2.16. The maximum Gasteiger partial charge on any atom is 0.127 e. The van der Waals surface area contributed by atoms with E-state index in [0.29, 0.717) is 0 Å². The minimum Gasteiger partial charge on any atom is -0.333 e. The molecule has 1 saturated heterocycles. The van der Waals surface area contributed by atoms with Crippen LogP contribution in [0.15, 0.2) is 28.7 Å². The van der Waals surface area contributed by atoms with E-state index in [1.165, 1.54) is 49.2 Å². The number of halogens is 1. The summed E-state index contributed by atoms with van der Waals surface area (Å²) >= 11 is 3.48. The molecule has 1 aliphatic rings. The highest BCUT2D eigenvalue weighted by molar-refractivity contribution is 9.10. The van der Waals surface area contributed by atoms with Crippen LogP contribution in [-0.2, 0) is 6.54 Å². The Kier molecular flexibility index (Phi) is 4.38. The van der Waals surface area contributed by atoms with Gasteiger partial charge in [0.1, 0.15) is 19.6 Å². The van der Waals surface area contributed by atoms with Crippen LogP contribution in [0.25, 0.3) is 0 Å². The maximum absolute atomic E-state index is 3.48. The van der Waals surface area contributed by atoms with Crippen LogP contribution in [0.5, 0.6) is 0 Å². The second-order valence-corrected chi connectivity index (χ2v) is 5.78. The van der Waals surface area contributed by atoms with E-state index in [1.807, 2.05) is 0 Å². The monoisotopic (exact) mass is 284 g/mol. The summed E-state index contributed by atoms with van der Waals surface area (Å²) in [6.45, 7) is 6.46. The number of quaternary nitrogens is 2. The molecule has 1 heterocycles. The molecule has 0 saturated carbocycles. The van der Waals surface area contributed by atoms with Crippen molar-refractivity contribution in [2.45, 2.75) is 13.0 Å². The van der Waals surface area contributed by atoms with Crippen molar-refractivity contribution >= 4 is 15.9 Å². The summed E-state index contributed by atoms with van der Waals surface area (Å²) in [5, 5.41) is 0. The quantitative estimate of drug-likeness (QED) is 0.742. The maximum atomic E-state index is 3.48. The molecule has 0 spiro atoms. The molecule has 1 aromatic carbocycles. The predicted molar refractivity (Wildman–Crippen MR) is 69.8 cm³/mol. The zero-order chi connectivity index (χ0) is 11.4. The average molecular weight is 285 g/mol. The number of hydrogen-bond donors (Lipinski definition) is 2. The number of benzene rings is 1. The van der Waals surface area contributed by atoms with Gasteiger partial charge in [0.15, 0.2) is 0 Å². The van der Waals surface area contributed by atoms with E-state index in [4.69, 9.17) is 0 Å². The number of rotatable bonds is 2. The van der Waals surface area contributed by atoms with Crippen molar-refractivity contribution in [3.8, 4) is 0 Å². The van der Waals surface area contributed by atoms with E-state index in [9.17, 15) is 0 Å². The molecule has 3 heteroatoms. The van der Waals surface area contributed by atoms with Crippen molar-refractivity contribution in [2.75, 3.05) is 33.2 Å². The Balaban J connectivity index is 1.91. The lowest BCUT2D eigenvalue weighted by Crippen LogP contribution is -3.15. The van der Waals surface area contributed by atoms with E-state index in [1.54, 1.807) is 9.80 Å². The van der Waals surface area contributed by atoms with Gasteiger partial charge < -0.3 is 9.80 Å². The van der Waals surface area contributed by atoms with E-state index < -0.39 is 0 Å². The SMILES string of the molecule is C[NH+]1CCC[NH+](Cc2ccc(Br)cc2)CC1. The van der Waals surface area contributed by atoms with E-state index in [-0.39, 0.29) is 0 Å². The van der Waals surface area contributed by atoms with Crippen LogP contribution in [-0.4, -0.2) is 33.2 Å². The van der Waals surface area contributed by atoms with Crippen LogP contribution in [0.4, 0.5) is 0 Å². The fraction of sp³-hybridized carbons (Fsp3) is 0.538. The van der Waals surface area contributed by atoms with Gasteiger partial charge in [0.25, 0.3) is 0 Å². The molecule has 1 aliphatic heterocycles. The normalized spacial score (nSPS) is 26.4. The second-order valence-electron chi connectivity index (χ2n) is 4.86. The topological polar surface area (TPSA) is 8.88 Å². The minimum atomic E-state index is 1.17. The fourth-order valence-corrected chi connectivity index (χ4v) is 2.61. The lowest BCUT2D eigenvalue weighted by atomic mass is 10.2. The van der Waals surface area contributed by atoms with Gasteiger partial charge in [0, 0.05) is 16.5 Å². The molecule has 1 fully saturated rings. The number of nitrogens with one attached hydrogen (secondary N) is 2. The third-order valence-electron chi connectivity index (χ3n) is 3.41. The van der Waals surface area contributed by atoms with Crippen molar-refractivity contribution in [1.82, 2.24) is 0 Å². The van der Waals surface area contributed by atoms with E-state index in [2.05, 4.69) is 47.2 Å². The van der Waals surface area contributed by atoms with Gasteiger partial charge in [0.05, 0.1) is 20.1 Å². The lowest BCUT2D eigenvalue weighted by molar-refractivity contribution is -0.938. The van der Waals surface area contributed by atoms with Crippen molar-refractivity contribution in [3.63, 3.8) is 0 Å². The van der Waals surface area contributed by atoms with Crippen molar-refractivity contribution < 1.29 is 9.80 Å². The van der Waals surface area contributed by atoms with Gasteiger partial charge in [0.2, 0.25) is 0 Å².